The molecule has 0 radical (unpaired) electrons. The van der Waals surface area contributed by atoms with Gasteiger partial charge >= 0.3 is 0 Å². The summed E-state index contributed by atoms with van der Waals surface area (Å²) in [5.41, 5.74) is 11.3. The third-order valence-corrected chi connectivity index (χ3v) is 5.47. The Morgan fingerprint density at radius 2 is 1.87 bits per heavy atom. The molecule has 0 aliphatic carbocycles. The van der Waals surface area contributed by atoms with Gasteiger partial charge < -0.3 is 24.9 Å². The molecule has 31 heavy (non-hydrogen) atoms. The van der Waals surface area contributed by atoms with Crippen molar-refractivity contribution in [3.05, 3.63) is 53.4 Å². The molecule has 2 aromatic heterocycles. The second-order valence-electron chi connectivity index (χ2n) is 7.39. The van der Waals surface area contributed by atoms with Crippen molar-refractivity contribution in [1.29, 1.82) is 0 Å². The molecule has 1 fully saturated rings. The van der Waals surface area contributed by atoms with Gasteiger partial charge in [-0.15, -0.1) is 0 Å². The average Bonchev–Trinajstić information content (AvgIpc) is 3.32. The first-order chi connectivity index (χ1) is 15.0. The Labute approximate surface area is 185 Å². The second kappa shape index (κ2) is 8.87. The first kappa shape index (κ1) is 21.0. The number of carbonyl (C=O) groups excluding carboxylic acids is 1. The molecule has 5 rings (SSSR count). The van der Waals surface area contributed by atoms with Crippen LogP contribution in [-0.4, -0.2) is 52.7 Å². The molecule has 0 spiro atoms. The minimum Gasteiger partial charge on any atom is -0.396 e. The highest BCUT2D eigenvalue weighted by atomic mass is 32.1. The molecule has 4 aromatic rings. The number of nitrogens with zero attached hydrogens (tertiary/aromatic N) is 2. The van der Waals surface area contributed by atoms with Gasteiger partial charge in [0.05, 0.1) is 24.4 Å². The predicted octanol–water partition coefficient (Wildman–Crippen LogP) is 3.97. The van der Waals surface area contributed by atoms with Gasteiger partial charge in [-0.1, -0.05) is 29.5 Å². The van der Waals surface area contributed by atoms with E-state index in [1.807, 2.05) is 36.9 Å². The van der Waals surface area contributed by atoms with Crippen molar-refractivity contribution in [2.24, 2.45) is 5.73 Å². The number of H-pyrrole nitrogens is 1. The number of nitrogens with one attached hydrogen (secondary N) is 1. The van der Waals surface area contributed by atoms with E-state index in [9.17, 15) is 4.79 Å². The van der Waals surface area contributed by atoms with Crippen LogP contribution in [-0.2, 0) is 4.74 Å². The number of rotatable bonds is 2. The molecule has 2 aromatic carbocycles. The van der Waals surface area contributed by atoms with Crippen molar-refractivity contribution < 1.29 is 14.1 Å². The average molecular weight is 437 g/mol. The van der Waals surface area contributed by atoms with Crippen LogP contribution in [0.1, 0.15) is 21.8 Å². The number of benzene rings is 2. The number of hydrogen-bond acceptors (Lipinski definition) is 5. The van der Waals surface area contributed by atoms with Crippen LogP contribution in [0.15, 0.2) is 40.9 Å². The van der Waals surface area contributed by atoms with Gasteiger partial charge in [0.25, 0.3) is 5.91 Å². The van der Waals surface area contributed by atoms with Crippen molar-refractivity contribution >= 4 is 45.4 Å². The highest BCUT2D eigenvalue weighted by Crippen LogP contribution is 2.33. The number of amides is 1. The molecule has 3 heterocycles. The van der Waals surface area contributed by atoms with Crippen LogP contribution in [0.3, 0.4) is 0 Å². The molecular weight excluding hydrogens is 412 g/mol. The molecule has 0 bridgehead atoms. The Morgan fingerprint density at radius 3 is 2.55 bits per heavy atom. The lowest BCUT2D eigenvalue weighted by atomic mass is 10.0. The SMILES string of the molecule is Cc1noc(C)c1-c1ccc2[nH]c3cc(C(=O)N4CCOCC4)ccc3c2c1.NC=S. The Bertz CT molecular complexity index is 1240. The van der Waals surface area contributed by atoms with E-state index in [0.717, 1.165) is 49.9 Å². The number of ether oxygens (including phenoxy) is 1. The molecule has 3 N–H and O–H groups in total. The fourth-order valence-corrected chi connectivity index (χ4v) is 4.04. The van der Waals surface area contributed by atoms with Crippen molar-refractivity contribution in [3.63, 3.8) is 0 Å². The highest BCUT2D eigenvalue weighted by Gasteiger charge is 2.19. The van der Waals surface area contributed by atoms with Gasteiger partial charge in [-0.3, -0.25) is 4.79 Å². The summed E-state index contributed by atoms with van der Waals surface area (Å²) in [6, 6.07) is 12.2. The topological polar surface area (TPSA) is 97.4 Å². The predicted molar refractivity (Wildman–Crippen MR) is 125 cm³/mol. The molecule has 0 unspecified atom stereocenters. The Hall–Kier alpha value is -3.23. The van der Waals surface area contributed by atoms with E-state index in [-0.39, 0.29) is 5.91 Å². The molecular formula is C23H24N4O3S. The number of nitrogens with two attached hydrogens (primary N) is 1. The molecule has 160 valence electrons. The van der Waals surface area contributed by atoms with Gasteiger partial charge in [-0.05, 0) is 43.7 Å². The number of hydrogen-bond donors (Lipinski definition) is 2. The van der Waals surface area contributed by atoms with Gasteiger partial charge in [-0.2, -0.15) is 0 Å². The van der Waals surface area contributed by atoms with Crippen LogP contribution >= 0.6 is 12.2 Å². The maximum absolute atomic E-state index is 12.8. The third-order valence-electron chi connectivity index (χ3n) is 5.47. The summed E-state index contributed by atoms with van der Waals surface area (Å²) < 4.78 is 10.7. The molecule has 1 aliphatic heterocycles. The lowest BCUT2D eigenvalue weighted by Gasteiger charge is -2.26. The van der Waals surface area contributed by atoms with E-state index < -0.39 is 0 Å². The van der Waals surface area contributed by atoms with Gasteiger partial charge in [0.15, 0.2) is 0 Å². The molecule has 7 nitrogen and oxygen atoms in total. The zero-order valence-corrected chi connectivity index (χ0v) is 18.3. The lowest BCUT2D eigenvalue weighted by molar-refractivity contribution is 0.0303. The molecule has 0 atom stereocenters. The van der Waals surface area contributed by atoms with Crippen molar-refractivity contribution in [2.45, 2.75) is 13.8 Å². The summed E-state index contributed by atoms with van der Waals surface area (Å²) in [4.78, 5) is 18.1. The zero-order chi connectivity index (χ0) is 22.0. The molecule has 1 amide bonds. The van der Waals surface area contributed by atoms with Crippen molar-refractivity contribution in [2.75, 3.05) is 26.3 Å². The Balaban J connectivity index is 0.000000730. The Kier molecular flexibility index (Phi) is 6.01. The fourth-order valence-electron chi connectivity index (χ4n) is 4.04. The monoisotopic (exact) mass is 436 g/mol. The number of carbonyl (C=O) groups is 1. The van der Waals surface area contributed by atoms with Crippen molar-refractivity contribution in [1.82, 2.24) is 15.0 Å². The van der Waals surface area contributed by atoms with Gasteiger partial charge in [0.2, 0.25) is 0 Å². The molecule has 1 saturated heterocycles. The van der Waals surface area contributed by atoms with E-state index in [4.69, 9.17) is 9.26 Å². The summed E-state index contributed by atoms with van der Waals surface area (Å²) in [5, 5.41) is 6.29. The maximum atomic E-state index is 12.8. The Morgan fingerprint density at radius 1 is 1.13 bits per heavy atom. The van der Waals surface area contributed by atoms with E-state index >= 15 is 0 Å². The van der Waals surface area contributed by atoms with Crippen LogP contribution < -0.4 is 5.73 Å². The highest BCUT2D eigenvalue weighted by molar-refractivity contribution is 7.78. The normalized spacial score (nSPS) is 13.8. The van der Waals surface area contributed by atoms with Crippen LogP contribution in [0.25, 0.3) is 32.9 Å². The molecule has 0 saturated carbocycles. The summed E-state index contributed by atoms with van der Waals surface area (Å²) in [7, 11) is 0. The number of aryl methyl sites for hydroxylation is 2. The maximum Gasteiger partial charge on any atom is 0.254 e. The van der Waals surface area contributed by atoms with E-state index in [1.165, 1.54) is 0 Å². The minimum atomic E-state index is 0.0558. The quantitative estimate of drug-likeness (QED) is 0.462. The number of morpholine rings is 1. The standard InChI is InChI=1S/C22H21N3O3.CH3NS/c1-13-21(14(2)28-24-13)15-4-6-19-18(11-15)17-5-3-16(12-20(17)23-19)22(26)25-7-9-27-10-8-25;2-1-3/h3-6,11-12,23H,7-10H2,1-2H3;1H,(H2,2,3). The summed E-state index contributed by atoms with van der Waals surface area (Å²) in [6.07, 6.45) is 0. The van der Waals surface area contributed by atoms with Crippen LogP contribution in [0.5, 0.6) is 0 Å². The number of thiocarbonyl (C=S) groups is 1. The van der Waals surface area contributed by atoms with Gasteiger partial charge in [0.1, 0.15) is 5.76 Å². The van der Waals surface area contributed by atoms with Crippen molar-refractivity contribution in [3.8, 4) is 11.1 Å². The zero-order valence-electron chi connectivity index (χ0n) is 17.5. The summed E-state index contributed by atoms with van der Waals surface area (Å²) in [5.74, 6) is 0.871. The third kappa shape index (κ3) is 4.04. The van der Waals surface area contributed by atoms with E-state index in [2.05, 4.69) is 46.3 Å². The fraction of sp³-hybridized carbons (Fsp3) is 0.261. The van der Waals surface area contributed by atoms with E-state index in [1.54, 1.807) is 0 Å². The first-order valence-corrected chi connectivity index (χ1v) is 10.5. The minimum absolute atomic E-state index is 0.0558. The lowest BCUT2D eigenvalue weighted by Crippen LogP contribution is -2.40. The number of aromatic amines is 1. The summed E-state index contributed by atoms with van der Waals surface area (Å²) >= 11 is 4.05. The van der Waals surface area contributed by atoms with Crippen LogP contribution in [0, 0.1) is 13.8 Å². The number of fused-ring (bicyclic) bond motifs is 3. The van der Waals surface area contributed by atoms with Gasteiger partial charge in [-0.25, -0.2) is 0 Å². The molecule has 1 aliphatic rings. The summed E-state index contributed by atoms with van der Waals surface area (Å²) in [6.45, 7) is 6.37. The number of aromatic nitrogens is 2. The van der Waals surface area contributed by atoms with Crippen LogP contribution in [0.4, 0.5) is 0 Å². The van der Waals surface area contributed by atoms with Crippen LogP contribution in [0.2, 0.25) is 0 Å². The molecule has 8 heteroatoms. The smallest absolute Gasteiger partial charge is 0.254 e. The second-order valence-corrected chi connectivity index (χ2v) is 7.66. The largest absolute Gasteiger partial charge is 0.396 e. The van der Waals surface area contributed by atoms with E-state index in [0.29, 0.717) is 31.9 Å². The van der Waals surface area contributed by atoms with Gasteiger partial charge in [0, 0.05) is 46.0 Å². The first-order valence-electron chi connectivity index (χ1n) is 10.0.